The summed E-state index contributed by atoms with van der Waals surface area (Å²) in [6.45, 7) is 2.11. The summed E-state index contributed by atoms with van der Waals surface area (Å²) < 4.78 is 0. The fraction of sp³-hybridized carbons (Fsp3) is 0.448. The molecule has 1 aliphatic heterocycles. The van der Waals surface area contributed by atoms with Crippen LogP contribution in [0.4, 0.5) is 0 Å². The Bertz CT molecular complexity index is 1050. The van der Waals surface area contributed by atoms with Crippen molar-refractivity contribution in [2.75, 3.05) is 0 Å². The van der Waals surface area contributed by atoms with Gasteiger partial charge < -0.3 is 0 Å². The molecule has 0 unspecified atom stereocenters. The second-order valence-corrected chi connectivity index (χ2v) is 11.9. The monoisotopic (exact) mass is 490 g/mol. The lowest BCUT2D eigenvalue weighted by Gasteiger charge is -2.31. The first-order chi connectivity index (χ1) is 16.7. The van der Waals surface area contributed by atoms with E-state index in [-0.39, 0.29) is 5.91 Å². The molecule has 3 aliphatic rings. The molecule has 2 aromatic carbocycles. The van der Waals surface area contributed by atoms with E-state index >= 15 is 0 Å². The molecular formula is C29H34N2OS2. The Morgan fingerprint density at radius 1 is 0.853 bits per heavy atom. The molecule has 1 heterocycles. The normalized spacial score (nSPS) is 22.7. The molecule has 0 spiro atoms. The second-order valence-electron chi connectivity index (χ2n) is 9.77. The number of thioether (sulfide) groups is 1. The van der Waals surface area contributed by atoms with E-state index < -0.39 is 0 Å². The summed E-state index contributed by atoms with van der Waals surface area (Å²) in [4.78, 5) is 24.0. The number of benzene rings is 2. The summed E-state index contributed by atoms with van der Waals surface area (Å²) in [5.74, 6) is 0.157. The Hall–Kier alpha value is -1.98. The summed E-state index contributed by atoms with van der Waals surface area (Å²) in [6.07, 6.45) is 14.2. The van der Waals surface area contributed by atoms with Gasteiger partial charge in [-0.3, -0.25) is 14.7 Å². The van der Waals surface area contributed by atoms with Crippen molar-refractivity contribution < 1.29 is 4.79 Å². The number of carbonyl (C=O) groups excluding carboxylic acids is 1. The molecule has 2 aromatic rings. The minimum Gasteiger partial charge on any atom is -0.284 e. The molecule has 5 rings (SSSR count). The van der Waals surface area contributed by atoms with Crippen LogP contribution in [0.2, 0.25) is 0 Å². The lowest BCUT2D eigenvalue weighted by Crippen LogP contribution is -2.41. The van der Waals surface area contributed by atoms with Gasteiger partial charge >= 0.3 is 0 Å². The van der Waals surface area contributed by atoms with E-state index in [4.69, 9.17) is 4.99 Å². The third-order valence-corrected chi connectivity index (χ3v) is 9.09. The van der Waals surface area contributed by atoms with E-state index in [1.807, 2.05) is 0 Å². The fourth-order valence-corrected chi connectivity index (χ4v) is 7.06. The van der Waals surface area contributed by atoms with Crippen LogP contribution in [-0.2, 0) is 4.79 Å². The van der Waals surface area contributed by atoms with Gasteiger partial charge in [0.2, 0.25) is 0 Å². The van der Waals surface area contributed by atoms with Gasteiger partial charge in [0, 0.05) is 15.8 Å². The van der Waals surface area contributed by atoms with E-state index in [1.165, 1.54) is 53.9 Å². The first kappa shape index (κ1) is 23.7. The van der Waals surface area contributed by atoms with Crippen molar-refractivity contribution in [1.82, 2.24) is 4.90 Å². The van der Waals surface area contributed by atoms with Crippen molar-refractivity contribution in [3.63, 3.8) is 0 Å². The number of hydrogen-bond donors (Lipinski definition) is 0. The highest BCUT2D eigenvalue weighted by molar-refractivity contribution is 8.18. The molecule has 0 bridgehead atoms. The van der Waals surface area contributed by atoms with Crippen LogP contribution < -0.4 is 0 Å². The van der Waals surface area contributed by atoms with Crippen molar-refractivity contribution in [1.29, 1.82) is 0 Å². The molecule has 1 saturated heterocycles. The van der Waals surface area contributed by atoms with Crippen LogP contribution in [0.15, 0.2) is 68.2 Å². The lowest BCUT2D eigenvalue weighted by molar-refractivity contribution is -0.124. The number of hydrogen-bond acceptors (Lipinski definition) is 4. The number of amidine groups is 1. The summed E-state index contributed by atoms with van der Waals surface area (Å²) >= 11 is 3.37. The van der Waals surface area contributed by atoms with Crippen molar-refractivity contribution >= 4 is 40.7 Å². The molecule has 34 heavy (non-hydrogen) atoms. The minimum absolute atomic E-state index is 0.157. The van der Waals surface area contributed by atoms with Crippen molar-refractivity contribution in [2.24, 2.45) is 4.99 Å². The lowest BCUT2D eigenvalue weighted by atomic mass is 9.94. The number of nitrogens with zero attached hydrogens (tertiary/aromatic N) is 2. The molecule has 2 aliphatic carbocycles. The molecule has 0 atom stereocenters. The summed E-state index contributed by atoms with van der Waals surface area (Å²) in [6, 6.07) is 17.9. The quantitative estimate of drug-likeness (QED) is 0.397. The Labute approximate surface area is 212 Å². The molecular weight excluding hydrogens is 456 g/mol. The highest BCUT2D eigenvalue weighted by atomic mass is 32.2. The van der Waals surface area contributed by atoms with Crippen LogP contribution in [0, 0.1) is 6.92 Å². The van der Waals surface area contributed by atoms with Gasteiger partial charge in [-0.05, 0) is 80.3 Å². The highest BCUT2D eigenvalue weighted by Crippen LogP contribution is 2.38. The predicted molar refractivity (Wildman–Crippen MR) is 145 cm³/mol. The Morgan fingerprint density at radius 2 is 1.44 bits per heavy atom. The molecule has 3 nitrogen and oxygen atoms in total. The molecule has 3 fully saturated rings. The van der Waals surface area contributed by atoms with Gasteiger partial charge in [0.25, 0.3) is 5.91 Å². The van der Waals surface area contributed by atoms with Gasteiger partial charge in [0.1, 0.15) is 0 Å². The van der Waals surface area contributed by atoms with E-state index in [1.54, 1.807) is 23.5 Å². The second kappa shape index (κ2) is 11.2. The van der Waals surface area contributed by atoms with Gasteiger partial charge in [0.05, 0.1) is 10.9 Å². The third-order valence-electron chi connectivity index (χ3n) is 7.08. The van der Waals surface area contributed by atoms with Crippen LogP contribution in [0.25, 0.3) is 6.08 Å². The Kier molecular flexibility index (Phi) is 7.80. The van der Waals surface area contributed by atoms with Crippen LogP contribution in [-0.4, -0.2) is 28.1 Å². The third kappa shape index (κ3) is 5.80. The maximum Gasteiger partial charge on any atom is 0.266 e. The number of aliphatic imine (C=N–C) groups is 1. The molecule has 5 heteroatoms. The molecule has 1 amide bonds. The van der Waals surface area contributed by atoms with Gasteiger partial charge in [-0.15, -0.1) is 0 Å². The summed E-state index contributed by atoms with van der Waals surface area (Å²) in [5, 5.41) is 0.960. The SMILES string of the molecule is Cc1ccc(Sc2ccc(/C=C3\SC(=NC4CCCCC4)N(C4CCCCC4)C3=O)cc2)cc1. The average molecular weight is 491 g/mol. The number of carbonyl (C=O) groups is 1. The van der Waals surface area contributed by atoms with E-state index in [0.717, 1.165) is 41.3 Å². The number of rotatable bonds is 5. The maximum absolute atomic E-state index is 13.5. The summed E-state index contributed by atoms with van der Waals surface area (Å²) in [5.41, 5.74) is 2.35. The zero-order valence-electron chi connectivity index (χ0n) is 20.0. The van der Waals surface area contributed by atoms with Gasteiger partial charge in [-0.1, -0.05) is 80.1 Å². The van der Waals surface area contributed by atoms with E-state index in [2.05, 4.69) is 66.4 Å². The van der Waals surface area contributed by atoms with Crippen molar-refractivity contribution in [3.05, 3.63) is 64.6 Å². The predicted octanol–water partition coefficient (Wildman–Crippen LogP) is 8.08. The van der Waals surface area contributed by atoms with Gasteiger partial charge in [0.15, 0.2) is 5.17 Å². The first-order valence-electron chi connectivity index (χ1n) is 12.8. The highest BCUT2D eigenvalue weighted by Gasteiger charge is 2.39. The van der Waals surface area contributed by atoms with Crippen LogP contribution in [0.1, 0.15) is 75.3 Å². The van der Waals surface area contributed by atoms with E-state index in [9.17, 15) is 4.79 Å². The number of amides is 1. The van der Waals surface area contributed by atoms with E-state index in [0.29, 0.717) is 12.1 Å². The van der Waals surface area contributed by atoms with Crippen LogP contribution >= 0.6 is 23.5 Å². The smallest absolute Gasteiger partial charge is 0.266 e. The maximum atomic E-state index is 13.5. The topological polar surface area (TPSA) is 32.7 Å². The standard InChI is InChI=1S/C29H34N2OS2/c1-21-12-16-25(17-13-21)33-26-18-14-22(15-19-26)20-27-28(32)31(24-10-6-3-7-11-24)29(34-27)30-23-8-4-2-5-9-23/h12-20,23-24H,2-11H2,1H3/b27-20-,30-29?. The zero-order chi connectivity index (χ0) is 23.3. The van der Waals surface area contributed by atoms with Crippen molar-refractivity contribution in [3.8, 4) is 0 Å². The number of aryl methyl sites for hydroxylation is 1. The average Bonchev–Trinajstić information content (AvgIpc) is 3.17. The van der Waals surface area contributed by atoms with Gasteiger partial charge in [-0.2, -0.15) is 0 Å². The molecule has 0 N–H and O–H groups in total. The fourth-order valence-electron chi connectivity index (χ4n) is 5.13. The van der Waals surface area contributed by atoms with Gasteiger partial charge in [-0.25, -0.2) is 0 Å². The zero-order valence-corrected chi connectivity index (χ0v) is 21.7. The molecule has 0 aromatic heterocycles. The van der Waals surface area contributed by atoms with Crippen LogP contribution in [0.5, 0.6) is 0 Å². The van der Waals surface area contributed by atoms with Crippen molar-refractivity contribution in [2.45, 2.75) is 93.0 Å². The Balaban J connectivity index is 1.34. The minimum atomic E-state index is 0.157. The molecule has 2 saturated carbocycles. The first-order valence-corrected chi connectivity index (χ1v) is 14.4. The van der Waals surface area contributed by atoms with Crippen LogP contribution in [0.3, 0.4) is 0 Å². The molecule has 178 valence electrons. The molecule has 0 radical (unpaired) electrons. The Morgan fingerprint density at radius 3 is 2.09 bits per heavy atom. The largest absolute Gasteiger partial charge is 0.284 e. The summed E-state index contributed by atoms with van der Waals surface area (Å²) in [7, 11) is 0.